The lowest BCUT2D eigenvalue weighted by Crippen LogP contribution is -2.33. The van der Waals surface area contributed by atoms with E-state index in [4.69, 9.17) is 4.74 Å². The lowest BCUT2D eigenvalue weighted by atomic mass is 9.94. The van der Waals surface area contributed by atoms with Gasteiger partial charge in [0.1, 0.15) is 11.6 Å². The monoisotopic (exact) mass is 265 g/mol. The number of hydrogen-bond acceptors (Lipinski definition) is 3. The van der Waals surface area contributed by atoms with Gasteiger partial charge in [0.05, 0.1) is 12.2 Å². The van der Waals surface area contributed by atoms with E-state index in [1.54, 1.807) is 6.07 Å². The summed E-state index contributed by atoms with van der Waals surface area (Å²) in [7, 11) is 0. The Balaban J connectivity index is 2.22. The van der Waals surface area contributed by atoms with Crippen LogP contribution < -0.4 is 4.74 Å². The molecule has 0 N–H and O–H groups in total. The molecule has 1 heterocycles. The summed E-state index contributed by atoms with van der Waals surface area (Å²) in [5.74, 6) is 0.00878. The third kappa shape index (κ3) is 3.13. The second-order valence-corrected chi connectivity index (χ2v) is 4.82. The van der Waals surface area contributed by atoms with Gasteiger partial charge < -0.3 is 9.64 Å². The SMILES string of the molecule is CCN(CC)CC1CCOc2ccc(F)cc2C1=O. The minimum Gasteiger partial charge on any atom is -0.493 e. The molecule has 0 saturated carbocycles. The molecule has 104 valence electrons. The number of nitrogens with zero attached hydrogens (tertiary/aromatic N) is 1. The molecule has 0 aliphatic carbocycles. The Morgan fingerprint density at radius 1 is 1.37 bits per heavy atom. The molecule has 1 atom stereocenters. The minimum atomic E-state index is -0.390. The van der Waals surface area contributed by atoms with Crippen molar-refractivity contribution in [1.82, 2.24) is 4.90 Å². The first kappa shape index (κ1) is 14.0. The van der Waals surface area contributed by atoms with Gasteiger partial charge in [-0.1, -0.05) is 13.8 Å². The summed E-state index contributed by atoms with van der Waals surface area (Å²) in [6.45, 7) is 7.21. The van der Waals surface area contributed by atoms with Gasteiger partial charge >= 0.3 is 0 Å². The number of hydrogen-bond donors (Lipinski definition) is 0. The van der Waals surface area contributed by atoms with Crippen LogP contribution in [0.2, 0.25) is 0 Å². The molecule has 4 heteroatoms. The fraction of sp³-hybridized carbons (Fsp3) is 0.533. The molecular formula is C15H20FNO2. The molecule has 19 heavy (non-hydrogen) atoms. The average Bonchev–Trinajstić information content (AvgIpc) is 2.57. The normalized spacial score (nSPS) is 18.9. The fourth-order valence-electron chi connectivity index (χ4n) is 2.45. The summed E-state index contributed by atoms with van der Waals surface area (Å²) >= 11 is 0. The third-order valence-electron chi connectivity index (χ3n) is 3.67. The van der Waals surface area contributed by atoms with E-state index in [1.807, 2.05) is 0 Å². The number of carbonyl (C=O) groups excluding carboxylic acids is 1. The molecule has 0 spiro atoms. The van der Waals surface area contributed by atoms with Gasteiger partial charge in [-0.25, -0.2) is 4.39 Å². The van der Waals surface area contributed by atoms with E-state index < -0.39 is 0 Å². The van der Waals surface area contributed by atoms with Crippen LogP contribution in [0.5, 0.6) is 5.75 Å². The summed E-state index contributed by atoms with van der Waals surface area (Å²) in [5.41, 5.74) is 0.384. The van der Waals surface area contributed by atoms with Gasteiger partial charge in [0.2, 0.25) is 0 Å². The van der Waals surface area contributed by atoms with Crippen LogP contribution in [0.15, 0.2) is 18.2 Å². The number of rotatable bonds is 4. The van der Waals surface area contributed by atoms with Gasteiger partial charge in [-0.2, -0.15) is 0 Å². The van der Waals surface area contributed by atoms with Crippen molar-refractivity contribution in [2.45, 2.75) is 20.3 Å². The highest BCUT2D eigenvalue weighted by molar-refractivity contribution is 6.00. The smallest absolute Gasteiger partial charge is 0.171 e. The molecule has 0 bridgehead atoms. The number of ether oxygens (including phenoxy) is 1. The van der Waals surface area contributed by atoms with E-state index >= 15 is 0 Å². The Morgan fingerprint density at radius 3 is 2.79 bits per heavy atom. The van der Waals surface area contributed by atoms with Gasteiger partial charge in [0, 0.05) is 12.5 Å². The number of fused-ring (bicyclic) bond motifs is 1. The van der Waals surface area contributed by atoms with E-state index in [0.29, 0.717) is 30.9 Å². The first-order valence-corrected chi connectivity index (χ1v) is 6.84. The van der Waals surface area contributed by atoms with Crippen LogP contribution in [0.25, 0.3) is 0 Å². The molecule has 0 saturated heterocycles. The van der Waals surface area contributed by atoms with Crippen LogP contribution in [0.4, 0.5) is 4.39 Å². The van der Waals surface area contributed by atoms with Crippen LogP contribution in [0.3, 0.4) is 0 Å². The number of Topliss-reactive ketones (excluding diaryl/α,β-unsaturated/α-hetero) is 1. The Kier molecular flexibility index (Phi) is 4.53. The van der Waals surface area contributed by atoms with Crippen molar-refractivity contribution in [3.63, 3.8) is 0 Å². The quantitative estimate of drug-likeness (QED) is 0.838. The molecule has 1 aromatic rings. The first-order valence-electron chi connectivity index (χ1n) is 6.84. The average molecular weight is 265 g/mol. The lowest BCUT2D eigenvalue weighted by Gasteiger charge is -2.23. The van der Waals surface area contributed by atoms with Crippen molar-refractivity contribution < 1.29 is 13.9 Å². The maximum Gasteiger partial charge on any atom is 0.171 e. The molecule has 1 aliphatic rings. The highest BCUT2D eigenvalue weighted by Crippen LogP contribution is 2.28. The van der Waals surface area contributed by atoms with Crippen LogP contribution in [-0.4, -0.2) is 36.9 Å². The molecule has 0 amide bonds. The van der Waals surface area contributed by atoms with Gasteiger partial charge in [-0.3, -0.25) is 4.79 Å². The number of halogens is 1. The summed E-state index contributed by atoms with van der Waals surface area (Å²) in [6, 6.07) is 4.16. The molecule has 1 aliphatic heterocycles. The molecule has 0 aromatic heterocycles. The molecule has 1 unspecified atom stereocenters. The van der Waals surface area contributed by atoms with Crippen molar-refractivity contribution >= 4 is 5.78 Å². The Labute approximate surface area is 113 Å². The number of ketones is 1. The van der Waals surface area contributed by atoms with E-state index in [1.165, 1.54) is 12.1 Å². The Bertz CT molecular complexity index is 457. The third-order valence-corrected chi connectivity index (χ3v) is 3.67. The zero-order valence-corrected chi connectivity index (χ0v) is 11.5. The highest BCUT2D eigenvalue weighted by Gasteiger charge is 2.27. The zero-order chi connectivity index (χ0) is 13.8. The molecule has 0 radical (unpaired) electrons. The van der Waals surface area contributed by atoms with E-state index in [2.05, 4.69) is 18.7 Å². The summed E-state index contributed by atoms with van der Waals surface area (Å²) in [5, 5.41) is 0. The van der Waals surface area contributed by atoms with Crippen LogP contribution in [-0.2, 0) is 0 Å². The maximum atomic E-state index is 13.3. The topological polar surface area (TPSA) is 29.5 Å². The second kappa shape index (κ2) is 6.15. The largest absolute Gasteiger partial charge is 0.493 e. The van der Waals surface area contributed by atoms with Crippen molar-refractivity contribution in [3.8, 4) is 5.75 Å². The summed E-state index contributed by atoms with van der Waals surface area (Å²) in [4.78, 5) is 14.7. The van der Waals surface area contributed by atoms with Gasteiger partial charge in [-0.15, -0.1) is 0 Å². The molecule has 1 aromatic carbocycles. The predicted octanol–water partition coefficient (Wildman–Crippen LogP) is 2.75. The van der Waals surface area contributed by atoms with E-state index in [0.717, 1.165) is 13.1 Å². The lowest BCUT2D eigenvalue weighted by molar-refractivity contribution is 0.0877. The van der Waals surface area contributed by atoms with Gasteiger partial charge in [0.25, 0.3) is 0 Å². The number of benzene rings is 1. The first-order chi connectivity index (χ1) is 9.15. The zero-order valence-electron chi connectivity index (χ0n) is 11.5. The Hall–Kier alpha value is -1.42. The molecule has 0 fully saturated rings. The fourth-order valence-corrected chi connectivity index (χ4v) is 2.45. The van der Waals surface area contributed by atoms with Crippen molar-refractivity contribution in [1.29, 1.82) is 0 Å². The van der Waals surface area contributed by atoms with Crippen molar-refractivity contribution in [2.24, 2.45) is 5.92 Å². The van der Waals surface area contributed by atoms with Gasteiger partial charge in [0.15, 0.2) is 5.78 Å². The maximum absolute atomic E-state index is 13.3. The molecular weight excluding hydrogens is 245 g/mol. The van der Waals surface area contributed by atoms with Crippen LogP contribution in [0, 0.1) is 11.7 Å². The number of carbonyl (C=O) groups is 1. The molecule has 3 nitrogen and oxygen atoms in total. The Morgan fingerprint density at radius 2 is 2.11 bits per heavy atom. The molecule has 2 rings (SSSR count). The van der Waals surface area contributed by atoms with Crippen LogP contribution in [0.1, 0.15) is 30.6 Å². The van der Waals surface area contributed by atoms with E-state index in [9.17, 15) is 9.18 Å². The predicted molar refractivity (Wildman–Crippen MR) is 72.1 cm³/mol. The minimum absolute atomic E-state index is 0.00102. The van der Waals surface area contributed by atoms with Crippen molar-refractivity contribution in [3.05, 3.63) is 29.6 Å². The summed E-state index contributed by atoms with van der Waals surface area (Å²) in [6.07, 6.45) is 0.686. The standard InChI is InChI=1S/C15H20FNO2/c1-3-17(4-2)10-11-7-8-19-14-6-5-12(16)9-13(14)15(11)18/h5-6,9,11H,3-4,7-8,10H2,1-2H3. The van der Waals surface area contributed by atoms with E-state index in [-0.39, 0.29) is 17.5 Å². The van der Waals surface area contributed by atoms with Gasteiger partial charge in [-0.05, 0) is 37.7 Å². The second-order valence-electron chi connectivity index (χ2n) is 4.82. The van der Waals surface area contributed by atoms with Crippen molar-refractivity contribution in [2.75, 3.05) is 26.2 Å². The highest BCUT2D eigenvalue weighted by atomic mass is 19.1. The van der Waals surface area contributed by atoms with Crippen LogP contribution >= 0.6 is 0 Å². The summed E-state index contributed by atoms with van der Waals surface area (Å²) < 4.78 is 18.9.